The zero-order valence-corrected chi connectivity index (χ0v) is 48.2. The van der Waals surface area contributed by atoms with Crippen LogP contribution in [0.3, 0.4) is 0 Å². The van der Waals surface area contributed by atoms with Crippen LogP contribution in [0.1, 0.15) is 173 Å². The molecule has 0 atom stereocenters. The monoisotopic (exact) mass is 1050 g/mol. The Bertz CT molecular complexity index is 1740. The normalized spacial score (nSPS) is 10.6. The van der Waals surface area contributed by atoms with Gasteiger partial charge < -0.3 is 0 Å². The minimum atomic E-state index is -0.281. The fourth-order valence-electron chi connectivity index (χ4n) is 4.47. The molecule has 9 heteroatoms. The maximum Gasteiger partial charge on any atom is 0.258 e. The van der Waals surface area contributed by atoms with Crippen molar-refractivity contribution in [2.24, 2.45) is 0 Å². The Morgan fingerprint density at radius 1 is 0.224 bits per heavy atom. The lowest BCUT2D eigenvalue weighted by Crippen LogP contribution is -2.29. The van der Waals surface area contributed by atoms with Crippen LogP contribution in [-0.2, 0) is 28.8 Å². The van der Waals surface area contributed by atoms with Crippen LogP contribution in [0.4, 0.5) is 17.1 Å². The van der Waals surface area contributed by atoms with Crippen molar-refractivity contribution < 1.29 is 28.8 Å². The van der Waals surface area contributed by atoms with Crippen LogP contribution in [0.15, 0.2) is 200 Å². The quantitative estimate of drug-likeness (QED) is 0.166. The summed E-state index contributed by atoms with van der Waals surface area (Å²) in [6.07, 6.45) is 12.6. The summed E-state index contributed by atoms with van der Waals surface area (Å²) in [5.74, 6) is -1.69. The predicted octanol–water partition coefficient (Wildman–Crippen LogP) is 19.4. The molecule has 5 aromatic carbocycles. The predicted molar refractivity (Wildman–Crippen MR) is 338 cm³/mol. The zero-order chi connectivity index (χ0) is 57.1. The number of benzene rings is 5. The van der Waals surface area contributed by atoms with Crippen LogP contribution in [0, 0.1) is 0 Å². The molecule has 0 N–H and O–H groups in total. The molecule has 76 heavy (non-hydrogen) atoms. The maximum atomic E-state index is 11.2. The van der Waals surface area contributed by atoms with Gasteiger partial charge in [0.25, 0.3) is 35.4 Å². The lowest BCUT2D eigenvalue weighted by Gasteiger charge is -2.12. The third-order valence-electron chi connectivity index (χ3n) is 6.80. The summed E-state index contributed by atoms with van der Waals surface area (Å²) in [6.45, 7) is 37.0. The van der Waals surface area contributed by atoms with Crippen LogP contribution in [0.5, 0.6) is 0 Å². The van der Waals surface area contributed by atoms with Gasteiger partial charge in [0.2, 0.25) is 0 Å². The summed E-state index contributed by atoms with van der Waals surface area (Å²) < 4.78 is 0. The van der Waals surface area contributed by atoms with E-state index in [4.69, 9.17) is 0 Å². The summed E-state index contributed by atoms with van der Waals surface area (Å²) >= 11 is 0. The van der Waals surface area contributed by atoms with Crippen molar-refractivity contribution in [3.8, 4) is 0 Å². The van der Waals surface area contributed by atoms with Gasteiger partial charge in [-0.25, -0.2) is 14.7 Å². The van der Waals surface area contributed by atoms with E-state index in [0.717, 1.165) is 14.7 Å². The molecule has 0 saturated carbocycles. The molecule has 3 heterocycles. The fraction of sp³-hybridized carbons (Fsp3) is 0.373. The molecule has 8 rings (SSSR count). The minimum absolute atomic E-state index is 0. The highest BCUT2D eigenvalue weighted by Gasteiger charge is 2.26. The van der Waals surface area contributed by atoms with Crippen molar-refractivity contribution in [3.05, 3.63) is 200 Å². The molecule has 426 valence electrons. The Balaban J connectivity index is -0.0000000972. The zero-order valence-electron chi connectivity index (χ0n) is 48.2. The summed E-state index contributed by atoms with van der Waals surface area (Å²) in [5.41, 5.74) is 1.84. The summed E-state index contributed by atoms with van der Waals surface area (Å²) in [6, 6.07) is 50.6. The van der Waals surface area contributed by atoms with Gasteiger partial charge in [-0.2, -0.15) is 0 Å². The Morgan fingerprint density at radius 3 is 0.421 bits per heavy atom. The van der Waals surface area contributed by atoms with E-state index < -0.39 is 0 Å². The van der Waals surface area contributed by atoms with Crippen molar-refractivity contribution in [2.75, 3.05) is 14.7 Å². The van der Waals surface area contributed by atoms with E-state index in [1.165, 1.54) is 62.1 Å². The van der Waals surface area contributed by atoms with Crippen LogP contribution < -0.4 is 14.7 Å². The first kappa shape index (κ1) is 88.4. The number of rotatable bonds is 3. The number of hydrogen-bond donors (Lipinski definition) is 0. The van der Waals surface area contributed by atoms with Gasteiger partial charge in [-0.15, -0.1) is 0 Å². The smallest absolute Gasteiger partial charge is 0.258 e. The van der Waals surface area contributed by atoms with Crippen LogP contribution in [-0.4, -0.2) is 35.4 Å². The lowest BCUT2D eigenvalue weighted by atomic mass is 10.3. The maximum absolute atomic E-state index is 11.2. The highest BCUT2D eigenvalue weighted by Crippen LogP contribution is 2.19. The molecule has 0 bridgehead atoms. The second-order valence-electron chi connectivity index (χ2n) is 13.2. The van der Waals surface area contributed by atoms with Crippen molar-refractivity contribution in [2.45, 2.75) is 173 Å². The number of carbonyl (C=O) groups excluding carboxylic acids is 6. The molecule has 0 unspecified atom stereocenters. The molecule has 0 radical (unpaired) electrons. The number of anilines is 3. The number of carbonyl (C=O) groups is 6. The number of hydrogen-bond acceptors (Lipinski definition) is 6. The lowest BCUT2D eigenvalue weighted by molar-refractivity contribution is -0.121. The molecule has 3 aliphatic heterocycles. The summed E-state index contributed by atoms with van der Waals surface area (Å²) in [4.78, 5) is 70.6. The van der Waals surface area contributed by atoms with Crippen LogP contribution in [0.2, 0.25) is 0 Å². The van der Waals surface area contributed by atoms with Gasteiger partial charge in [0, 0.05) is 36.5 Å². The first-order chi connectivity index (χ1) is 35.5. The fourth-order valence-corrected chi connectivity index (χ4v) is 4.47. The van der Waals surface area contributed by atoms with E-state index in [1.807, 2.05) is 160 Å². The Labute approximate surface area is 466 Å². The minimum Gasteiger partial charge on any atom is -0.269 e. The largest absolute Gasteiger partial charge is 0.269 e. The van der Waals surface area contributed by atoms with E-state index in [1.54, 1.807) is 72.8 Å². The molecule has 0 aliphatic carbocycles. The van der Waals surface area contributed by atoms with E-state index in [9.17, 15) is 28.8 Å². The van der Waals surface area contributed by atoms with Crippen molar-refractivity contribution in [1.29, 1.82) is 0 Å². The second-order valence-corrected chi connectivity index (χ2v) is 13.2. The molecule has 0 spiro atoms. The van der Waals surface area contributed by atoms with Gasteiger partial charge >= 0.3 is 0 Å². The average Bonchev–Trinajstić information content (AvgIpc) is 4.11. The van der Waals surface area contributed by atoms with Crippen molar-refractivity contribution in [1.82, 2.24) is 0 Å². The summed E-state index contributed by atoms with van der Waals surface area (Å²) in [7, 11) is 0. The van der Waals surface area contributed by atoms with E-state index in [-0.39, 0.29) is 57.7 Å². The highest BCUT2D eigenvalue weighted by atomic mass is 16.2. The van der Waals surface area contributed by atoms with Gasteiger partial charge in [0.05, 0.1) is 17.1 Å². The molecule has 0 fully saturated rings. The van der Waals surface area contributed by atoms with Crippen LogP contribution in [0.25, 0.3) is 0 Å². The van der Waals surface area contributed by atoms with Gasteiger partial charge in [0.15, 0.2) is 0 Å². The highest BCUT2D eigenvalue weighted by molar-refractivity contribution is 6.29. The molecule has 3 aliphatic rings. The van der Waals surface area contributed by atoms with Gasteiger partial charge in [-0.1, -0.05) is 300 Å². The van der Waals surface area contributed by atoms with Gasteiger partial charge in [0.1, 0.15) is 0 Å². The molecule has 0 saturated heterocycles. The first-order valence-electron chi connectivity index (χ1n) is 26.4. The number of para-hydroxylation sites is 3. The number of amides is 6. The first-order valence-corrected chi connectivity index (χ1v) is 26.4. The average molecular weight is 1050 g/mol. The second kappa shape index (κ2) is 69.8. The topological polar surface area (TPSA) is 112 Å². The standard InChI is InChI=1S/3C10H7NO2.2C6H6.4C3H8.5C2H6.3CH4/c3*12-9-6-7-10(13)11(9)8-4-2-1-3-5-8;2*1-2-4-6-5-3-1;4*1-3-2;5*1-2;;;/h3*1-7H;2*1-6H;4*3H2,1-2H3;5*1-2H3;3*1H4. The van der Waals surface area contributed by atoms with E-state index in [0.29, 0.717) is 17.1 Å². The molecule has 5 aromatic rings. The number of nitrogens with zero attached hydrogens (tertiary/aromatic N) is 3. The molecule has 9 nitrogen and oxygen atoms in total. The molecular formula is C67H107N3O6. The van der Waals surface area contributed by atoms with Crippen molar-refractivity contribution in [3.63, 3.8) is 0 Å². The van der Waals surface area contributed by atoms with Gasteiger partial charge in [-0.05, 0) is 36.4 Å². The van der Waals surface area contributed by atoms with Crippen LogP contribution >= 0.6 is 0 Å². The van der Waals surface area contributed by atoms with E-state index in [2.05, 4.69) is 55.4 Å². The van der Waals surface area contributed by atoms with E-state index >= 15 is 0 Å². The number of imide groups is 3. The van der Waals surface area contributed by atoms with Crippen molar-refractivity contribution >= 4 is 52.5 Å². The Hall–Kier alpha value is -7.26. The summed E-state index contributed by atoms with van der Waals surface area (Å²) in [5, 5.41) is 0. The third kappa shape index (κ3) is 45.4. The molecule has 6 amide bonds. The Kier molecular flexibility index (Phi) is 81.2. The Morgan fingerprint density at radius 2 is 0.316 bits per heavy atom. The van der Waals surface area contributed by atoms with Gasteiger partial charge in [-0.3, -0.25) is 28.8 Å². The third-order valence-corrected chi connectivity index (χ3v) is 6.80. The molecular weight excluding hydrogens is 943 g/mol. The SMILES string of the molecule is C.C.C.CC.CC.CC.CC.CC.CCC.CCC.CCC.CCC.O=C1C=CC(=O)N1c1ccccc1.O=C1C=CC(=O)N1c1ccccc1.O=C1C=CC(=O)N1c1ccccc1.c1ccccc1.c1ccccc1. The molecule has 0 aromatic heterocycles.